The Morgan fingerprint density at radius 3 is 2.53 bits per heavy atom. The summed E-state index contributed by atoms with van der Waals surface area (Å²) in [7, 11) is 1.60. The molecule has 0 unspecified atom stereocenters. The van der Waals surface area contributed by atoms with Crippen LogP contribution in [0, 0.1) is 0 Å². The zero-order valence-electron chi connectivity index (χ0n) is 9.72. The van der Waals surface area contributed by atoms with Crippen molar-refractivity contribution in [3.63, 3.8) is 0 Å². The highest BCUT2D eigenvalue weighted by Crippen LogP contribution is 2.19. The molecule has 0 atom stereocenters. The predicted molar refractivity (Wildman–Crippen MR) is 67.6 cm³/mol. The van der Waals surface area contributed by atoms with E-state index in [0.717, 1.165) is 18.3 Å². The van der Waals surface area contributed by atoms with Crippen LogP contribution in [0.1, 0.15) is 21.5 Å². The Morgan fingerprint density at radius 1 is 1.12 bits per heavy atom. The number of carbonyl (C=O) groups is 1. The lowest BCUT2D eigenvalue weighted by molar-refractivity contribution is 0.112. The number of methoxy groups -OCH3 is 1. The van der Waals surface area contributed by atoms with Crippen LogP contribution in [-0.4, -0.2) is 13.4 Å². The monoisotopic (exact) mass is 226 g/mol. The molecule has 0 aliphatic rings. The summed E-state index contributed by atoms with van der Waals surface area (Å²) in [6, 6.07) is 15.7. The number of ether oxygens (including phenoxy) is 1. The van der Waals surface area contributed by atoms with Gasteiger partial charge in [-0.2, -0.15) is 0 Å². The van der Waals surface area contributed by atoms with Crippen molar-refractivity contribution in [2.45, 2.75) is 6.42 Å². The van der Waals surface area contributed by atoms with E-state index < -0.39 is 0 Å². The largest absolute Gasteiger partial charge is 0.497 e. The van der Waals surface area contributed by atoms with Crippen LogP contribution < -0.4 is 4.74 Å². The molecule has 0 bridgehead atoms. The van der Waals surface area contributed by atoms with Crippen LogP contribution in [-0.2, 0) is 6.42 Å². The molecule has 0 amide bonds. The predicted octanol–water partition coefficient (Wildman–Crippen LogP) is 3.10. The van der Waals surface area contributed by atoms with E-state index in [1.807, 2.05) is 30.3 Å². The second-order valence-electron chi connectivity index (χ2n) is 3.84. The Hall–Kier alpha value is -2.09. The first-order valence-corrected chi connectivity index (χ1v) is 5.49. The van der Waals surface area contributed by atoms with E-state index in [1.165, 1.54) is 5.56 Å². The second-order valence-corrected chi connectivity index (χ2v) is 3.84. The maximum absolute atomic E-state index is 11.0. The van der Waals surface area contributed by atoms with E-state index in [4.69, 9.17) is 4.74 Å². The zero-order valence-corrected chi connectivity index (χ0v) is 9.72. The summed E-state index contributed by atoms with van der Waals surface area (Å²) in [6.07, 6.45) is 1.64. The minimum Gasteiger partial charge on any atom is -0.497 e. The molecule has 0 heterocycles. The molecule has 0 aliphatic carbocycles. The quantitative estimate of drug-likeness (QED) is 0.749. The molecule has 0 saturated carbocycles. The molecule has 2 heteroatoms. The maximum atomic E-state index is 11.0. The fourth-order valence-corrected chi connectivity index (χ4v) is 1.79. The fourth-order valence-electron chi connectivity index (χ4n) is 1.79. The molecule has 0 radical (unpaired) electrons. The Balaban J connectivity index is 2.30. The van der Waals surface area contributed by atoms with Gasteiger partial charge < -0.3 is 4.74 Å². The molecule has 0 N–H and O–H groups in total. The van der Waals surface area contributed by atoms with Gasteiger partial charge in [0.2, 0.25) is 0 Å². The summed E-state index contributed by atoms with van der Waals surface area (Å²) >= 11 is 0. The lowest BCUT2D eigenvalue weighted by atomic mass is 10.0. The highest BCUT2D eigenvalue weighted by atomic mass is 16.5. The lowest BCUT2D eigenvalue weighted by Crippen LogP contribution is -1.95. The summed E-state index contributed by atoms with van der Waals surface area (Å²) in [4.78, 5) is 11.0. The molecule has 0 aliphatic heterocycles. The summed E-state index contributed by atoms with van der Waals surface area (Å²) in [5.74, 6) is 0.712. The van der Waals surface area contributed by atoms with Gasteiger partial charge >= 0.3 is 0 Å². The third-order valence-electron chi connectivity index (χ3n) is 2.72. The SMILES string of the molecule is COc1ccc(Cc2ccccc2)c(C=O)c1. The maximum Gasteiger partial charge on any atom is 0.150 e. The number of hydrogen-bond acceptors (Lipinski definition) is 2. The van der Waals surface area contributed by atoms with Gasteiger partial charge in [-0.15, -0.1) is 0 Å². The molecule has 2 rings (SSSR count). The van der Waals surface area contributed by atoms with Crippen molar-refractivity contribution in [2.75, 3.05) is 7.11 Å². The molecule has 0 saturated heterocycles. The Morgan fingerprint density at radius 2 is 1.88 bits per heavy atom. The van der Waals surface area contributed by atoms with E-state index >= 15 is 0 Å². The number of rotatable bonds is 4. The number of hydrogen-bond donors (Lipinski definition) is 0. The standard InChI is InChI=1S/C15H14O2/c1-17-15-8-7-13(14(10-15)11-16)9-12-5-3-2-4-6-12/h2-8,10-11H,9H2,1H3. The first-order valence-electron chi connectivity index (χ1n) is 5.49. The van der Waals surface area contributed by atoms with Crippen LogP contribution >= 0.6 is 0 Å². The summed E-state index contributed by atoms with van der Waals surface area (Å²) < 4.78 is 5.10. The van der Waals surface area contributed by atoms with Crippen molar-refractivity contribution in [1.29, 1.82) is 0 Å². The molecular weight excluding hydrogens is 212 g/mol. The van der Waals surface area contributed by atoms with E-state index in [0.29, 0.717) is 11.3 Å². The molecular formula is C15H14O2. The number of carbonyl (C=O) groups excluding carboxylic acids is 1. The summed E-state index contributed by atoms with van der Waals surface area (Å²) in [5, 5.41) is 0. The second kappa shape index (κ2) is 5.30. The minimum atomic E-state index is 0.688. The molecule has 0 spiro atoms. The topological polar surface area (TPSA) is 26.3 Å². The molecule has 17 heavy (non-hydrogen) atoms. The van der Waals surface area contributed by atoms with Crippen LogP contribution in [0.4, 0.5) is 0 Å². The van der Waals surface area contributed by atoms with E-state index in [2.05, 4.69) is 12.1 Å². The Bertz CT molecular complexity index is 504. The van der Waals surface area contributed by atoms with Crippen LogP contribution in [0.2, 0.25) is 0 Å². The van der Waals surface area contributed by atoms with Gasteiger partial charge in [-0.3, -0.25) is 4.79 Å². The molecule has 2 aromatic rings. The van der Waals surface area contributed by atoms with Gasteiger partial charge in [-0.25, -0.2) is 0 Å². The fraction of sp³-hybridized carbons (Fsp3) is 0.133. The normalized spacial score (nSPS) is 9.94. The van der Waals surface area contributed by atoms with Crippen molar-refractivity contribution in [1.82, 2.24) is 0 Å². The van der Waals surface area contributed by atoms with Crippen molar-refractivity contribution in [2.24, 2.45) is 0 Å². The van der Waals surface area contributed by atoms with Crippen molar-refractivity contribution < 1.29 is 9.53 Å². The van der Waals surface area contributed by atoms with Gasteiger partial charge in [0.1, 0.15) is 12.0 Å². The van der Waals surface area contributed by atoms with Crippen molar-refractivity contribution in [3.8, 4) is 5.75 Å². The van der Waals surface area contributed by atoms with Crippen LogP contribution in [0.5, 0.6) is 5.75 Å². The van der Waals surface area contributed by atoms with Gasteiger partial charge in [-0.05, 0) is 29.7 Å². The first-order chi connectivity index (χ1) is 8.33. The average molecular weight is 226 g/mol. The number of benzene rings is 2. The van der Waals surface area contributed by atoms with Crippen molar-refractivity contribution >= 4 is 6.29 Å². The van der Waals surface area contributed by atoms with Gasteiger partial charge in [-0.1, -0.05) is 36.4 Å². The summed E-state index contributed by atoms with van der Waals surface area (Å²) in [5.41, 5.74) is 2.90. The Kier molecular flexibility index (Phi) is 3.55. The van der Waals surface area contributed by atoms with Crippen LogP contribution in [0.3, 0.4) is 0 Å². The Labute approximate surface area is 101 Å². The number of aldehydes is 1. The van der Waals surface area contributed by atoms with Gasteiger partial charge in [0.05, 0.1) is 7.11 Å². The molecule has 0 aromatic heterocycles. The summed E-state index contributed by atoms with van der Waals surface area (Å²) in [6.45, 7) is 0. The smallest absolute Gasteiger partial charge is 0.150 e. The molecule has 86 valence electrons. The van der Waals surface area contributed by atoms with E-state index in [-0.39, 0.29) is 0 Å². The van der Waals surface area contributed by atoms with Crippen molar-refractivity contribution in [3.05, 3.63) is 65.2 Å². The average Bonchev–Trinajstić information content (AvgIpc) is 2.40. The minimum absolute atomic E-state index is 0.688. The van der Waals surface area contributed by atoms with E-state index in [1.54, 1.807) is 13.2 Å². The third-order valence-corrected chi connectivity index (χ3v) is 2.72. The highest BCUT2D eigenvalue weighted by Gasteiger charge is 2.04. The third kappa shape index (κ3) is 2.72. The highest BCUT2D eigenvalue weighted by molar-refractivity contribution is 5.78. The lowest BCUT2D eigenvalue weighted by Gasteiger charge is -2.07. The van der Waals surface area contributed by atoms with E-state index in [9.17, 15) is 4.79 Å². The first kappa shape index (κ1) is 11.4. The van der Waals surface area contributed by atoms with Gasteiger partial charge in [0, 0.05) is 5.56 Å². The molecule has 2 aromatic carbocycles. The zero-order chi connectivity index (χ0) is 12.1. The van der Waals surface area contributed by atoms with Crippen LogP contribution in [0.25, 0.3) is 0 Å². The molecule has 2 nitrogen and oxygen atoms in total. The molecule has 0 fully saturated rings. The van der Waals surface area contributed by atoms with Crippen LogP contribution in [0.15, 0.2) is 48.5 Å². The van der Waals surface area contributed by atoms with Gasteiger partial charge in [0.25, 0.3) is 0 Å². The van der Waals surface area contributed by atoms with Gasteiger partial charge in [0.15, 0.2) is 0 Å².